The van der Waals surface area contributed by atoms with Crippen LogP contribution in [0.4, 0.5) is 14.5 Å². The van der Waals surface area contributed by atoms with E-state index in [9.17, 15) is 17.2 Å². The highest BCUT2D eigenvalue weighted by Crippen LogP contribution is 2.18. The molecule has 0 radical (unpaired) electrons. The highest BCUT2D eigenvalue weighted by atomic mass is 32.2. The van der Waals surface area contributed by atoms with Gasteiger partial charge in [0.1, 0.15) is 11.6 Å². The van der Waals surface area contributed by atoms with Crippen molar-refractivity contribution >= 4 is 15.7 Å². The summed E-state index contributed by atoms with van der Waals surface area (Å²) in [5, 5.41) is 0. The van der Waals surface area contributed by atoms with Crippen molar-refractivity contribution in [2.45, 2.75) is 11.8 Å². The average molecular weight is 283 g/mol. The number of benzene rings is 2. The van der Waals surface area contributed by atoms with Crippen LogP contribution < -0.4 is 4.72 Å². The molecule has 2 aromatic carbocycles. The van der Waals surface area contributed by atoms with E-state index < -0.39 is 21.7 Å². The zero-order chi connectivity index (χ0) is 14.0. The summed E-state index contributed by atoms with van der Waals surface area (Å²) in [6.07, 6.45) is 0. The van der Waals surface area contributed by atoms with Gasteiger partial charge in [-0.15, -0.1) is 0 Å². The third kappa shape index (κ3) is 3.08. The van der Waals surface area contributed by atoms with Crippen LogP contribution in [0.1, 0.15) is 5.56 Å². The van der Waals surface area contributed by atoms with Gasteiger partial charge in [0.25, 0.3) is 10.0 Å². The summed E-state index contributed by atoms with van der Waals surface area (Å²) in [5.74, 6) is -0.929. The molecule has 6 heteroatoms. The molecule has 1 N–H and O–H groups in total. The number of rotatable bonds is 3. The van der Waals surface area contributed by atoms with Crippen LogP contribution in [0, 0.1) is 18.6 Å². The summed E-state index contributed by atoms with van der Waals surface area (Å²) in [4.78, 5) is -0.0456. The maximum absolute atomic E-state index is 13.1. The summed E-state index contributed by atoms with van der Waals surface area (Å²) in [7, 11) is -3.80. The van der Waals surface area contributed by atoms with Gasteiger partial charge < -0.3 is 0 Å². The molecule has 0 saturated heterocycles. The molecule has 100 valence electrons. The fourth-order valence-corrected chi connectivity index (χ4v) is 2.66. The summed E-state index contributed by atoms with van der Waals surface area (Å²) in [6, 6.07) is 8.41. The maximum Gasteiger partial charge on any atom is 0.261 e. The minimum Gasteiger partial charge on any atom is -0.280 e. The first-order valence-corrected chi connectivity index (χ1v) is 6.91. The fraction of sp³-hybridized carbons (Fsp3) is 0.0769. The molecule has 0 heterocycles. The third-order valence-electron chi connectivity index (χ3n) is 2.54. The lowest BCUT2D eigenvalue weighted by Crippen LogP contribution is -2.13. The number of aryl methyl sites for hydroxylation is 1. The van der Waals surface area contributed by atoms with Gasteiger partial charge in [-0.1, -0.05) is 0 Å². The van der Waals surface area contributed by atoms with Gasteiger partial charge in [0.15, 0.2) is 0 Å². The van der Waals surface area contributed by atoms with Crippen LogP contribution in [0.15, 0.2) is 47.4 Å². The normalized spacial score (nSPS) is 11.3. The predicted octanol–water partition coefficient (Wildman–Crippen LogP) is 3.07. The van der Waals surface area contributed by atoms with Gasteiger partial charge in [-0.05, 0) is 55.0 Å². The van der Waals surface area contributed by atoms with Crippen LogP contribution in [-0.4, -0.2) is 8.42 Å². The van der Waals surface area contributed by atoms with Crippen LogP contribution in [-0.2, 0) is 10.0 Å². The number of anilines is 1. The lowest BCUT2D eigenvalue weighted by molar-refractivity contribution is 0.598. The van der Waals surface area contributed by atoms with Crippen molar-refractivity contribution in [3.63, 3.8) is 0 Å². The van der Waals surface area contributed by atoms with Gasteiger partial charge in [0, 0.05) is 5.69 Å². The van der Waals surface area contributed by atoms with Crippen molar-refractivity contribution in [1.82, 2.24) is 0 Å². The fourth-order valence-electron chi connectivity index (χ4n) is 1.52. The monoisotopic (exact) mass is 283 g/mol. The molecule has 2 aromatic rings. The molecular weight excluding hydrogens is 272 g/mol. The minimum atomic E-state index is -3.80. The molecule has 19 heavy (non-hydrogen) atoms. The van der Waals surface area contributed by atoms with Gasteiger partial charge in [0.05, 0.1) is 4.90 Å². The molecule has 0 aliphatic carbocycles. The van der Waals surface area contributed by atoms with Gasteiger partial charge >= 0.3 is 0 Å². The first-order chi connectivity index (χ1) is 8.88. The smallest absolute Gasteiger partial charge is 0.261 e. The number of sulfonamides is 1. The summed E-state index contributed by atoms with van der Waals surface area (Å²) in [5.41, 5.74) is 0.477. The van der Waals surface area contributed by atoms with Crippen molar-refractivity contribution in [3.8, 4) is 0 Å². The van der Waals surface area contributed by atoms with Gasteiger partial charge in [-0.25, -0.2) is 17.2 Å². The molecule has 3 nitrogen and oxygen atoms in total. The molecular formula is C13H11F2NO2S. The summed E-state index contributed by atoms with van der Waals surface area (Å²) >= 11 is 0. The van der Waals surface area contributed by atoms with Crippen molar-refractivity contribution in [2.24, 2.45) is 0 Å². The topological polar surface area (TPSA) is 46.2 Å². The molecule has 0 aromatic heterocycles. The van der Waals surface area contributed by atoms with E-state index in [1.807, 2.05) is 0 Å². The number of hydrogen-bond donors (Lipinski definition) is 1. The van der Waals surface area contributed by atoms with Crippen molar-refractivity contribution in [2.75, 3.05) is 4.72 Å². The first kappa shape index (κ1) is 13.5. The van der Waals surface area contributed by atoms with E-state index in [4.69, 9.17) is 0 Å². The quantitative estimate of drug-likeness (QED) is 0.941. The number of hydrogen-bond acceptors (Lipinski definition) is 2. The molecule has 0 bridgehead atoms. The van der Waals surface area contributed by atoms with Crippen LogP contribution >= 0.6 is 0 Å². The number of halogens is 2. The highest BCUT2D eigenvalue weighted by Gasteiger charge is 2.15. The van der Waals surface area contributed by atoms with E-state index >= 15 is 0 Å². The lowest BCUT2D eigenvalue weighted by atomic mass is 10.2. The Morgan fingerprint density at radius 3 is 2.21 bits per heavy atom. The van der Waals surface area contributed by atoms with Crippen LogP contribution in [0.5, 0.6) is 0 Å². The van der Waals surface area contributed by atoms with Gasteiger partial charge in [-0.2, -0.15) is 0 Å². The van der Waals surface area contributed by atoms with E-state index in [1.165, 1.54) is 31.2 Å². The van der Waals surface area contributed by atoms with Gasteiger partial charge in [-0.3, -0.25) is 4.72 Å². The largest absolute Gasteiger partial charge is 0.280 e. The Hall–Kier alpha value is -1.95. The van der Waals surface area contributed by atoms with E-state index in [0.29, 0.717) is 0 Å². The maximum atomic E-state index is 13.1. The van der Waals surface area contributed by atoms with E-state index in [-0.39, 0.29) is 16.1 Å². The second kappa shape index (κ2) is 4.97. The zero-order valence-corrected chi connectivity index (χ0v) is 10.8. The minimum absolute atomic E-state index is 0.0456. The van der Waals surface area contributed by atoms with E-state index in [2.05, 4.69) is 4.72 Å². The zero-order valence-electron chi connectivity index (χ0n) is 10.0. The first-order valence-electron chi connectivity index (χ1n) is 5.43. The molecule has 0 amide bonds. The SMILES string of the molecule is Cc1cc(S(=O)(=O)Nc2ccc(F)cc2)ccc1F. The average Bonchev–Trinajstić information content (AvgIpc) is 2.35. The van der Waals surface area contributed by atoms with Crippen LogP contribution in [0.3, 0.4) is 0 Å². The molecule has 0 fully saturated rings. The van der Waals surface area contributed by atoms with Gasteiger partial charge in [0.2, 0.25) is 0 Å². The Morgan fingerprint density at radius 2 is 1.63 bits per heavy atom. The summed E-state index contributed by atoms with van der Waals surface area (Å²) in [6.45, 7) is 1.48. The van der Waals surface area contributed by atoms with Crippen LogP contribution in [0.25, 0.3) is 0 Å². The molecule has 0 aliphatic heterocycles. The molecule has 2 rings (SSSR count). The Bertz CT molecular complexity index is 697. The Morgan fingerprint density at radius 1 is 1.00 bits per heavy atom. The summed E-state index contributed by atoms with van der Waals surface area (Å²) < 4.78 is 52.2. The number of nitrogens with one attached hydrogen (secondary N) is 1. The molecule has 0 spiro atoms. The van der Waals surface area contributed by atoms with Crippen LogP contribution in [0.2, 0.25) is 0 Å². The Kier molecular flexibility index (Phi) is 3.53. The van der Waals surface area contributed by atoms with Crippen molar-refractivity contribution < 1.29 is 17.2 Å². The lowest BCUT2D eigenvalue weighted by Gasteiger charge is -2.08. The van der Waals surface area contributed by atoms with E-state index in [0.717, 1.165) is 18.2 Å². The third-order valence-corrected chi connectivity index (χ3v) is 3.92. The van der Waals surface area contributed by atoms with Crippen molar-refractivity contribution in [1.29, 1.82) is 0 Å². The van der Waals surface area contributed by atoms with Crippen molar-refractivity contribution in [3.05, 3.63) is 59.7 Å². The highest BCUT2D eigenvalue weighted by molar-refractivity contribution is 7.92. The molecule has 0 atom stereocenters. The molecule has 0 saturated carbocycles. The Balaban J connectivity index is 2.32. The predicted molar refractivity (Wildman–Crippen MR) is 68.3 cm³/mol. The Labute approximate surface area is 109 Å². The van der Waals surface area contributed by atoms with E-state index in [1.54, 1.807) is 0 Å². The standard InChI is InChI=1S/C13H11F2NO2S/c1-9-8-12(6-7-13(9)15)19(17,18)16-11-4-2-10(14)3-5-11/h2-8,16H,1H3. The second-order valence-corrected chi connectivity index (χ2v) is 5.71. The molecule has 0 unspecified atom stereocenters. The second-order valence-electron chi connectivity index (χ2n) is 4.02. The molecule has 0 aliphatic rings.